The lowest BCUT2D eigenvalue weighted by Gasteiger charge is -2.07. The molecule has 0 saturated heterocycles. The first-order valence-corrected chi connectivity index (χ1v) is 9.65. The fraction of sp³-hybridized carbons (Fsp3) is 0.174. The molecular formula is C23H21FN4O3. The zero-order chi connectivity index (χ0) is 22.0. The van der Waals surface area contributed by atoms with Gasteiger partial charge in [-0.25, -0.2) is 4.39 Å². The van der Waals surface area contributed by atoms with Crippen molar-refractivity contribution in [3.63, 3.8) is 0 Å². The third-order valence-corrected chi connectivity index (χ3v) is 4.96. The van der Waals surface area contributed by atoms with Crippen molar-refractivity contribution in [3.8, 4) is 17.1 Å². The van der Waals surface area contributed by atoms with Crippen molar-refractivity contribution < 1.29 is 18.4 Å². The van der Waals surface area contributed by atoms with E-state index in [1.54, 1.807) is 19.2 Å². The van der Waals surface area contributed by atoms with Gasteiger partial charge in [-0.2, -0.15) is 5.10 Å². The van der Waals surface area contributed by atoms with Crippen molar-refractivity contribution in [1.82, 2.24) is 14.9 Å². The van der Waals surface area contributed by atoms with Gasteiger partial charge in [0, 0.05) is 11.6 Å². The van der Waals surface area contributed by atoms with Gasteiger partial charge in [0.1, 0.15) is 11.6 Å². The predicted molar refractivity (Wildman–Crippen MR) is 114 cm³/mol. The van der Waals surface area contributed by atoms with Crippen LogP contribution in [0.4, 0.5) is 10.1 Å². The van der Waals surface area contributed by atoms with Crippen LogP contribution in [0, 0.1) is 19.7 Å². The first-order chi connectivity index (χ1) is 14.9. The molecule has 0 unspecified atom stereocenters. The lowest BCUT2D eigenvalue weighted by Crippen LogP contribution is -2.13. The monoisotopic (exact) mass is 420 g/mol. The Hall–Kier alpha value is -3.94. The van der Waals surface area contributed by atoms with E-state index < -0.39 is 5.91 Å². The lowest BCUT2D eigenvalue weighted by atomic mass is 10.1. The summed E-state index contributed by atoms with van der Waals surface area (Å²) in [4.78, 5) is 12.7. The van der Waals surface area contributed by atoms with Crippen LogP contribution in [0.25, 0.3) is 11.3 Å². The number of ether oxygens (including phenoxy) is 1. The van der Waals surface area contributed by atoms with Crippen molar-refractivity contribution in [2.75, 3.05) is 12.4 Å². The molecule has 0 fully saturated rings. The second-order valence-corrected chi connectivity index (χ2v) is 7.09. The fourth-order valence-corrected chi connectivity index (χ4v) is 3.29. The van der Waals surface area contributed by atoms with Crippen LogP contribution in [0.3, 0.4) is 0 Å². The van der Waals surface area contributed by atoms with Crippen molar-refractivity contribution in [2.45, 2.75) is 20.4 Å². The highest BCUT2D eigenvalue weighted by molar-refractivity contribution is 6.03. The van der Waals surface area contributed by atoms with Crippen LogP contribution in [-0.4, -0.2) is 28.0 Å². The average molecular weight is 420 g/mol. The maximum absolute atomic E-state index is 13.1. The Morgan fingerprint density at radius 2 is 1.94 bits per heavy atom. The number of hydrogen-bond acceptors (Lipinski definition) is 5. The number of nitrogens with zero attached hydrogens (tertiary/aromatic N) is 3. The summed E-state index contributed by atoms with van der Waals surface area (Å²) in [6.07, 6.45) is 0. The molecule has 0 spiro atoms. The van der Waals surface area contributed by atoms with Crippen molar-refractivity contribution >= 4 is 11.6 Å². The van der Waals surface area contributed by atoms with Gasteiger partial charge in [-0.3, -0.25) is 9.48 Å². The van der Waals surface area contributed by atoms with Crippen LogP contribution < -0.4 is 10.1 Å². The predicted octanol–water partition coefficient (Wildman–Crippen LogP) is 4.60. The zero-order valence-corrected chi connectivity index (χ0v) is 17.3. The number of rotatable bonds is 6. The van der Waals surface area contributed by atoms with Gasteiger partial charge in [-0.05, 0) is 55.8 Å². The topological polar surface area (TPSA) is 82.2 Å². The molecule has 7 nitrogen and oxygen atoms in total. The number of methoxy groups -OCH3 is 1. The molecule has 1 N–H and O–H groups in total. The molecule has 1 amide bonds. The summed E-state index contributed by atoms with van der Waals surface area (Å²) >= 11 is 0. The molecule has 0 aliphatic carbocycles. The lowest BCUT2D eigenvalue weighted by molar-refractivity contribution is 0.101. The zero-order valence-electron chi connectivity index (χ0n) is 17.3. The van der Waals surface area contributed by atoms with E-state index in [0.717, 1.165) is 17.0 Å². The van der Waals surface area contributed by atoms with E-state index >= 15 is 0 Å². The maximum Gasteiger partial charge on any atom is 0.277 e. The number of anilines is 1. The van der Waals surface area contributed by atoms with Crippen molar-refractivity contribution in [2.24, 2.45) is 0 Å². The molecule has 158 valence electrons. The Bertz CT molecular complexity index is 1230. The summed E-state index contributed by atoms with van der Waals surface area (Å²) in [6.45, 7) is 4.26. The van der Waals surface area contributed by atoms with E-state index in [4.69, 9.17) is 9.26 Å². The largest absolute Gasteiger partial charge is 0.497 e. The second-order valence-electron chi connectivity index (χ2n) is 7.09. The maximum atomic E-state index is 13.1. The molecule has 0 aliphatic rings. The van der Waals surface area contributed by atoms with E-state index in [2.05, 4.69) is 15.6 Å². The van der Waals surface area contributed by atoms with Gasteiger partial charge in [-0.15, -0.1) is 0 Å². The number of benzene rings is 2. The summed E-state index contributed by atoms with van der Waals surface area (Å²) in [6, 6.07) is 15.0. The second kappa shape index (κ2) is 8.43. The van der Waals surface area contributed by atoms with Gasteiger partial charge >= 0.3 is 0 Å². The van der Waals surface area contributed by atoms with E-state index in [9.17, 15) is 9.18 Å². The first kappa shape index (κ1) is 20.3. The quantitative estimate of drug-likeness (QED) is 0.493. The summed E-state index contributed by atoms with van der Waals surface area (Å²) in [5, 5.41) is 11.3. The van der Waals surface area contributed by atoms with Gasteiger partial charge < -0.3 is 14.6 Å². The van der Waals surface area contributed by atoms with Crippen LogP contribution in [0.15, 0.2) is 59.1 Å². The average Bonchev–Trinajstić information content (AvgIpc) is 3.36. The molecule has 0 aliphatic heterocycles. The highest BCUT2D eigenvalue weighted by Crippen LogP contribution is 2.24. The number of halogens is 1. The van der Waals surface area contributed by atoms with Gasteiger partial charge in [0.25, 0.3) is 5.91 Å². The summed E-state index contributed by atoms with van der Waals surface area (Å²) in [7, 11) is 1.63. The number of nitrogens with one attached hydrogen (secondary N) is 1. The van der Waals surface area contributed by atoms with E-state index in [-0.39, 0.29) is 11.5 Å². The molecule has 8 heteroatoms. The Morgan fingerprint density at radius 3 is 2.68 bits per heavy atom. The minimum absolute atomic E-state index is 0.124. The van der Waals surface area contributed by atoms with Gasteiger partial charge in [0.05, 0.1) is 30.7 Å². The number of carbonyl (C=O) groups is 1. The molecule has 0 atom stereocenters. The Labute approximate surface area is 178 Å². The van der Waals surface area contributed by atoms with Gasteiger partial charge in [0.2, 0.25) is 0 Å². The van der Waals surface area contributed by atoms with Crippen LogP contribution >= 0.6 is 0 Å². The number of hydrogen-bond donors (Lipinski definition) is 1. The van der Waals surface area contributed by atoms with Crippen LogP contribution in [0.1, 0.15) is 27.4 Å². The Morgan fingerprint density at radius 1 is 1.16 bits per heavy atom. The van der Waals surface area contributed by atoms with Gasteiger partial charge in [0.15, 0.2) is 11.5 Å². The SMILES string of the molecule is COc1cccc(Cn2nc(C)c(NC(=O)c3cc(-c4ccc(F)cc4)on3)c2C)c1. The number of amides is 1. The summed E-state index contributed by atoms with van der Waals surface area (Å²) < 4.78 is 25.5. The molecule has 0 bridgehead atoms. The molecule has 31 heavy (non-hydrogen) atoms. The Balaban J connectivity index is 1.52. The van der Waals surface area contributed by atoms with Crippen LogP contribution in [0.5, 0.6) is 5.75 Å². The molecule has 4 rings (SSSR count). The van der Waals surface area contributed by atoms with E-state index in [0.29, 0.717) is 29.2 Å². The van der Waals surface area contributed by atoms with Gasteiger partial charge in [-0.1, -0.05) is 17.3 Å². The number of aromatic nitrogens is 3. The molecule has 2 heterocycles. The van der Waals surface area contributed by atoms with Crippen molar-refractivity contribution in [1.29, 1.82) is 0 Å². The Kier molecular flexibility index (Phi) is 5.53. The highest BCUT2D eigenvalue weighted by atomic mass is 19.1. The molecular weight excluding hydrogens is 399 g/mol. The fourth-order valence-electron chi connectivity index (χ4n) is 3.29. The summed E-state index contributed by atoms with van der Waals surface area (Å²) in [5.74, 6) is 0.394. The van der Waals surface area contributed by atoms with E-state index in [1.165, 1.54) is 18.2 Å². The van der Waals surface area contributed by atoms with Crippen molar-refractivity contribution in [3.05, 3.63) is 83.1 Å². The third kappa shape index (κ3) is 4.32. The minimum Gasteiger partial charge on any atom is -0.497 e. The minimum atomic E-state index is -0.413. The smallest absolute Gasteiger partial charge is 0.277 e. The molecule has 4 aromatic rings. The molecule has 0 radical (unpaired) electrons. The standard InChI is InChI=1S/C23H21FN4O3/c1-14-22(15(2)28(26-14)13-16-5-4-6-19(11-16)30-3)25-23(29)20-12-21(31-27-20)17-7-9-18(24)10-8-17/h4-12H,13H2,1-3H3,(H,25,29). The first-order valence-electron chi connectivity index (χ1n) is 9.65. The summed E-state index contributed by atoms with van der Waals surface area (Å²) in [5.41, 5.74) is 3.92. The molecule has 2 aromatic carbocycles. The van der Waals surface area contributed by atoms with Crippen LogP contribution in [-0.2, 0) is 6.54 Å². The molecule has 0 saturated carbocycles. The van der Waals surface area contributed by atoms with E-state index in [1.807, 2.05) is 42.8 Å². The number of aryl methyl sites for hydroxylation is 1. The number of carbonyl (C=O) groups excluding carboxylic acids is 1. The third-order valence-electron chi connectivity index (χ3n) is 4.96. The molecule has 2 aromatic heterocycles. The van der Waals surface area contributed by atoms with Crippen LogP contribution in [0.2, 0.25) is 0 Å². The highest BCUT2D eigenvalue weighted by Gasteiger charge is 2.19. The normalized spacial score (nSPS) is 10.8.